The molecule has 0 fully saturated rings. The molecule has 1 aromatic carbocycles. The fraction of sp³-hybridized carbons (Fsp3) is 0.400. The summed E-state index contributed by atoms with van der Waals surface area (Å²) in [5, 5.41) is 10.8. The molecule has 0 aliphatic heterocycles. The Morgan fingerprint density at radius 2 is 1.95 bits per heavy atom. The first-order valence-corrected chi connectivity index (χ1v) is 7.45. The third kappa shape index (κ3) is 3.71. The van der Waals surface area contributed by atoms with Crippen LogP contribution in [0.1, 0.15) is 13.8 Å². The zero-order valence-electron chi connectivity index (χ0n) is 10.4. The average Bonchev–Trinajstić information content (AvgIpc) is 2.25. The van der Waals surface area contributed by atoms with Crippen LogP contribution in [0.15, 0.2) is 17.0 Å². The van der Waals surface area contributed by atoms with Crippen LogP contribution in [0, 0.1) is 10.1 Å². The van der Waals surface area contributed by atoms with Crippen LogP contribution in [0.4, 0.5) is 5.69 Å². The number of nitrogens with zero attached hydrogens (tertiary/aromatic N) is 1. The number of hydrogen-bond acceptors (Lipinski definition) is 6. The van der Waals surface area contributed by atoms with E-state index < -0.39 is 24.6 Å². The van der Waals surface area contributed by atoms with Crippen LogP contribution in [0.3, 0.4) is 0 Å². The van der Waals surface area contributed by atoms with Gasteiger partial charge in [0.25, 0.3) is 14.7 Å². The van der Waals surface area contributed by atoms with Crippen LogP contribution in [0.25, 0.3) is 0 Å². The summed E-state index contributed by atoms with van der Waals surface area (Å²) in [5.41, 5.74) is -0.448. The molecule has 0 aromatic heterocycles. The van der Waals surface area contributed by atoms with Gasteiger partial charge in [0, 0.05) is 16.7 Å². The highest BCUT2D eigenvalue weighted by molar-refractivity contribution is 8.13. The maximum Gasteiger partial charge on any atom is 0.274 e. The summed E-state index contributed by atoms with van der Waals surface area (Å²) >= 11 is 0. The van der Waals surface area contributed by atoms with E-state index in [1.165, 1.54) is 7.11 Å². The number of nitro groups is 1. The Balaban J connectivity index is 3.61. The highest BCUT2D eigenvalue weighted by Gasteiger charge is 2.26. The molecular formula is C10H12ClNO6S. The van der Waals surface area contributed by atoms with Crippen molar-refractivity contribution in [1.29, 1.82) is 0 Å². The van der Waals surface area contributed by atoms with Gasteiger partial charge in [0.1, 0.15) is 4.90 Å². The molecule has 0 aliphatic carbocycles. The van der Waals surface area contributed by atoms with Crippen LogP contribution < -0.4 is 9.47 Å². The van der Waals surface area contributed by atoms with Gasteiger partial charge in [-0.25, -0.2) is 8.42 Å². The monoisotopic (exact) mass is 309 g/mol. The van der Waals surface area contributed by atoms with Crippen LogP contribution in [-0.4, -0.2) is 26.6 Å². The van der Waals surface area contributed by atoms with Gasteiger partial charge in [0.05, 0.1) is 24.2 Å². The molecule has 0 aliphatic rings. The lowest BCUT2D eigenvalue weighted by Gasteiger charge is -2.15. The van der Waals surface area contributed by atoms with Crippen LogP contribution in [-0.2, 0) is 9.05 Å². The Labute approximate surface area is 114 Å². The van der Waals surface area contributed by atoms with Gasteiger partial charge in [-0.2, -0.15) is 0 Å². The minimum Gasteiger partial charge on any atom is -0.492 e. The second kappa shape index (κ2) is 5.62. The summed E-state index contributed by atoms with van der Waals surface area (Å²) in [6, 6.07) is 1.92. The second-order valence-corrected chi connectivity index (χ2v) is 6.37. The average molecular weight is 310 g/mol. The number of hydrogen-bond donors (Lipinski definition) is 0. The molecule has 0 saturated heterocycles. The molecule has 0 radical (unpaired) electrons. The summed E-state index contributed by atoms with van der Waals surface area (Å²) < 4.78 is 33.1. The van der Waals surface area contributed by atoms with Crippen LogP contribution in [0.5, 0.6) is 11.5 Å². The number of benzene rings is 1. The summed E-state index contributed by atoms with van der Waals surface area (Å²) in [4.78, 5) is 9.55. The van der Waals surface area contributed by atoms with Gasteiger partial charge in [-0.15, -0.1) is 0 Å². The lowest BCUT2D eigenvalue weighted by molar-refractivity contribution is -0.385. The van der Waals surface area contributed by atoms with E-state index in [1.54, 1.807) is 13.8 Å². The van der Waals surface area contributed by atoms with Gasteiger partial charge < -0.3 is 9.47 Å². The standard InChI is InChI=1S/C10H12ClNO6S/c1-6(2)18-8-4-7(12(13)14)5-9(10(8)17-3)19(11,15)16/h4-6H,1-3H3. The van der Waals surface area contributed by atoms with Gasteiger partial charge >= 0.3 is 0 Å². The first-order chi connectivity index (χ1) is 8.66. The highest BCUT2D eigenvalue weighted by Crippen LogP contribution is 2.40. The topological polar surface area (TPSA) is 95.7 Å². The highest BCUT2D eigenvalue weighted by atomic mass is 35.7. The van der Waals surface area contributed by atoms with Crippen molar-refractivity contribution in [2.24, 2.45) is 0 Å². The zero-order chi connectivity index (χ0) is 14.8. The molecule has 0 amide bonds. The van der Waals surface area contributed by atoms with Crippen molar-refractivity contribution in [3.63, 3.8) is 0 Å². The van der Waals surface area contributed by atoms with E-state index in [-0.39, 0.29) is 17.6 Å². The minimum atomic E-state index is -4.20. The lowest BCUT2D eigenvalue weighted by Crippen LogP contribution is -2.09. The largest absolute Gasteiger partial charge is 0.492 e. The Bertz CT molecular complexity index is 598. The maximum absolute atomic E-state index is 11.4. The molecule has 1 aromatic rings. The second-order valence-electron chi connectivity index (χ2n) is 3.84. The Kier molecular flexibility index (Phi) is 4.59. The van der Waals surface area contributed by atoms with Gasteiger partial charge in [0.2, 0.25) is 0 Å². The number of methoxy groups -OCH3 is 1. The molecule has 106 valence electrons. The maximum atomic E-state index is 11.4. The van der Waals surface area contributed by atoms with Crippen molar-refractivity contribution in [3.8, 4) is 11.5 Å². The van der Waals surface area contributed by atoms with Gasteiger partial charge in [-0.1, -0.05) is 0 Å². The van der Waals surface area contributed by atoms with Crippen LogP contribution >= 0.6 is 10.7 Å². The Morgan fingerprint density at radius 3 is 2.32 bits per heavy atom. The minimum absolute atomic E-state index is 0.0501. The van der Waals surface area contributed by atoms with E-state index in [4.69, 9.17) is 20.2 Å². The van der Waals surface area contributed by atoms with E-state index >= 15 is 0 Å². The van der Waals surface area contributed by atoms with E-state index in [9.17, 15) is 18.5 Å². The first kappa shape index (κ1) is 15.5. The quantitative estimate of drug-likeness (QED) is 0.470. The molecule has 7 nitrogen and oxygen atoms in total. The summed E-state index contributed by atoms with van der Waals surface area (Å²) in [7, 11) is 2.27. The van der Waals surface area contributed by atoms with Crippen molar-refractivity contribution < 1.29 is 22.8 Å². The summed E-state index contributed by atoms with van der Waals surface area (Å²) in [6.45, 7) is 3.38. The molecular weight excluding hydrogens is 298 g/mol. The predicted octanol–water partition coefficient (Wildman–Crippen LogP) is 2.32. The number of non-ortho nitro benzene ring substituents is 1. The number of ether oxygens (including phenoxy) is 2. The molecule has 0 heterocycles. The fourth-order valence-corrected chi connectivity index (χ4v) is 2.40. The number of halogens is 1. The smallest absolute Gasteiger partial charge is 0.274 e. The SMILES string of the molecule is COc1c(OC(C)C)cc([N+](=O)[O-])cc1S(=O)(=O)Cl. The van der Waals surface area contributed by atoms with Crippen molar-refractivity contribution in [1.82, 2.24) is 0 Å². The molecule has 0 saturated carbocycles. The Hall–Kier alpha value is -1.54. The summed E-state index contributed by atoms with van der Waals surface area (Å²) in [5.74, 6) is -0.208. The number of rotatable bonds is 5. The Morgan fingerprint density at radius 1 is 1.37 bits per heavy atom. The molecule has 19 heavy (non-hydrogen) atoms. The summed E-state index contributed by atoms with van der Waals surface area (Å²) in [6.07, 6.45) is -0.318. The van der Waals surface area contributed by atoms with Gasteiger partial charge in [-0.05, 0) is 13.8 Å². The van der Waals surface area contributed by atoms with E-state index in [2.05, 4.69) is 0 Å². The van der Waals surface area contributed by atoms with E-state index in [0.717, 1.165) is 12.1 Å². The third-order valence-electron chi connectivity index (χ3n) is 2.05. The van der Waals surface area contributed by atoms with Crippen molar-refractivity contribution in [2.75, 3.05) is 7.11 Å². The van der Waals surface area contributed by atoms with Crippen molar-refractivity contribution in [2.45, 2.75) is 24.8 Å². The first-order valence-electron chi connectivity index (χ1n) is 5.14. The van der Waals surface area contributed by atoms with E-state index in [1.807, 2.05) is 0 Å². The van der Waals surface area contributed by atoms with Crippen molar-refractivity contribution >= 4 is 25.4 Å². The molecule has 0 bridgehead atoms. The predicted molar refractivity (Wildman–Crippen MR) is 68.5 cm³/mol. The fourth-order valence-electron chi connectivity index (χ4n) is 1.39. The lowest BCUT2D eigenvalue weighted by atomic mass is 10.2. The van der Waals surface area contributed by atoms with Gasteiger partial charge in [-0.3, -0.25) is 10.1 Å². The molecule has 0 atom stereocenters. The van der Waals surface area contributed by atoms with Gasteiger partial charge in [0.15, 0.2) is 11.5 Å². The molecule has 0 unspecified atom stereocenters. The third-order valence-corrected chi connectivity index (χ3v) is 3.37. The van der Waals surface area contributed by atoms with Crippen molar-refractivity contribution in [3.05, 3.63) is 22.2 Å². The molecule has 9 heteroatoms. The molecule has 1 rings (SSSR count). The zero-order valence-corrected chi connectivity index (χ0v) is 12.0. The van der Waals surface area contributed by atoms with E-state index in [0.29, 0.717) is 0 Å². The molecule has 0 N–H and O–H groups in total. The normalized spacial score (nSPS) is 11.4. The van der Waals surface area contributed by atoms with Crippen LogP contribution in [0.2, 0.25) is 0 Å². The molecule has 0 spiro atoms. The number of nitro benzene ring substituents is 1.